The Bertz CT molecular complexity index is 359. The summed E-state index contributed by atoms with van der Waals surface area (Å²) in [5.74, 6) is 0. The largest absolute Gasteiger partial charge is 0.397 e. The van der Waals surface area contributed by atoms with Gasteiger partial charge in [-0.15, -0.1) is 11.3 Å². The number of thiophene rings is 1. The van der Waals surface area contributed by atoms with Crippen LogP contribution in [0.5, 0.6) is 0 Å². The molecule has 0 atom stereocenters. The van der Waals surface area contributed by atoms with Crippen LogP contribution in [0.2, 0.25) is 4.34 Å². The van der Waals surface area contributed by atoms with Crippen LogP contribution in [-0.2, 0) is 12.8 Å². The maximum Gasteiger partial charge on any atom is 0.116 e. The number of nitrogen functional groups attached to an aromatic ring is 1. The third-order valence-electron chi connectivity index (χ3n) is 3.67. The molecular formula is C14H22ClNS. The van der Waals surface area contributed by atoms with Gasteiger partial charge >= 0.3 is 0 Å². The number of hydrogen-bond acceptors (Lipinski definition) is 2. The molecule has 0 amide bonds. The summed E-state index contributed by atoms with van der Waals surface area (Å²) in [7, 11) is 0. The maximum atomic E-state index is 6.17. The Balaban J connectivity index is 2.08. The third-order valence-corrected chi connectivity index (χ3v) is 5.20. The Kier molecular flexibility index (Phi) is 5.17. The topological polar surface area (TPSA) is 26.0 Å². The van der Waals surface area contributed by atoms with Crippen LogP contribution in [-0.4, -0.2) is 0 Å². The molecule has 0 saturated heterocycles. The van der Waals surface area contributed by atoms with E-state index >= 15 is 0 Å². The second-order valence-electron chi connectivity index (χ2n) is 5.02. The predicted octanol–water partition coefficient (Wildman–Crippen LogP) is 5.20. The van der Waals surface area contributed by atoms with Crippen molar-refractivity contribution in [3.05, 3.63) is 14.8 Å². The first-order chi connectivity index (χ1) is 8.29. The molecule has 2 N–H and O–H groups in total. The molecule has 1 aromatic rings. The molecule has 0 spiro atoms. The number of anilines is 1. The Hall–Kier alpha value is -0.210. The van der Waals surface area contributed by atoms with Gasteiger partial charge in [0.05, 0.1) is 5.69 Å². The lowest BCUT2D eigenvalue weighted by molar-refractivity contribution is 0.561. The zero-order valence-electron chi connectivity index (χ0n) is 10.4. The fraction of sp³-hybridized carbons (Fsp3) is 0.714. The summed E-state index contributed by atoms with van der Waals surface area (Å²) >= 11 is 7.87. The molecule has 0 aliphatic heterocycles. The van der Waals surface area contributed by atoms with Crippen molar-refractivity contribution in [3.8, 4) is 0 Å². The average molecular weight is 272 g/mol. The van der Waals surface area contributed by atoms with Gasteiger partial charge in [0.15, 0.2) is 0 Å². The van der Waals surface area contributed by atoms with Crippen LogP contribution in [0.4, 0.5) is 5.69 Å². The van der Waals surface area contributed by atoms with Gasteiger partial charge in [-0.3, -0.25) is 0 Å². The Morgan fingerprint density at radius 1 is 0.824 bits per heavy atom. The van der Waals surface area contributed by atoms with E-state index in [4.69, 9.17) is 17.3 Å². The molecule has 0 unspecified atom stereocenters. The van der Waals surface area contributed by atoms with E-state index in [0.29, 0.717) is 0 Å². The smallest absolute Gasteiger partial charge is 0.116 e. The number of hydrogen-bond donors (Lipinski definition) is 1. The first kappa shape index (κ1) is 13.2. The second-order valence-corrected chi connectivity index (χ2v) is 6.73. The number of aryl methyl sites for hydroxylation is 1. The van der Waals surface area contributed by atoms with Gasteiger partial charge < -0.3 is 5.73 Å². The fourth-order valence-corrected chi connectivity index (χ4v) is 4.04. The van der Waals surface area contributed by atoms with Crippen LogP contribution in [0.1, 0.15) is 61.8 Å². The quantitative estimate of drug-likeness (QED) is 0.689. The third kappa shape index (κ3) is 3.62. The molecule has 0 radical (unpaired) electrons. The Labute approximate surface area is 113 Å². The molecule has 1 nitrogen and oxygen atoms in total. The molecule has 0 fully saturated rings. The summed E-state index contributed by atoms with van der Waals surface area (Å²) in [6, 6.07) is 0. The van der Waals surface area contributed by atoms with E-state index in [1.165, 1.54) is 68.2 Å². The molecule has 2 rings (SSSR count). The minimum Gasteiger partial charge on any atom is -0.397 e. The van der Waals surface area contributed by atoms with Crippen LogP contribution in [0, 0.1) is 0 Å². The first-order valence-corrected chi connectivity index (χ1v) is 8.04. The van der Waals surface area contributed by atoms with Crippen molar-refractivity contribution in [1.82, 2.24) is 0 Å². The van der Waals surface area contributed by atoms with E-state index < -0.39 is 0 Å². The van der Waals surface area contributed by atoms with Crippen LogP contribution in [0.25, 0.3) is 0 Å². The average Bonchev–Trinajstić information content (AvgIpc) is 2.56. The SMILES string of the molecule is Nc1c(Cl)sc2c1CCCCCCCCCC2. The maximum absolute atomic E-state index is 6.17. The van der Waals surface area contributed by atoms with Gasteiger partial charge in [0.25, 0.3) is 0 Å². The van der Waals surface area contributed by atoms with Gasteiger partial charge in [-0.25, -0.2) is 0 Å². The van der Waals surface area contributed by atoms with Crippen molar-refractivity contribution < 1.29 is 0 Å². The lowest BCUT2D eigenvalue weighted by Crippen LogP contribution is -1.96. The highest BCUT2D eigenvalue weighted by Gasteiger charge is 2.14. The lowest BCUT2D eigenvalue weighted by atomic mass is 10.00. The number of rotatable bonds is 0. The van der Waals surface area contributed by atoms with Crippen LogP contribution in [0.3, 0.4) is 0 Å². The number of fused-ring (bicyclic) bond motifs is 1. The summed E-state index contributed by atoms with van der Waals surface area (Å²) in [5.41, 5.74) is 8.31. The summed E-state index contributed by atoms with van der Waals surface area (Å²) in [4.78, 5) is 1.45. The minimum atomic E-state index is 0.810. The summed E-state index contributed by atoms with van der Waals surface area (Å²) in [6.07, 6.45) is 13.2. The van der Waals surface area contributed by atoms with Crippen molar-refractivity contribution in [1.29, 1.82) is 0 Å². The second kappa shape index (κ2) is 6.65. The Morgan fingerprint density at radius 2 is 1.35 bits per heavy atom. The monoisotopic (exact) mass is 271 g/mol. The van der Waals surface area contributed by atoms with E-state index in [0.717, 1.165) is 16.4 Å². The number of nitrogens with two attached hydrogens (primary N) is 1. The lowest BCUT2D eigenvalue weighted by Gasteiger charge is -2.08. The van der Waals surface area contributed by atoms with E-state index in [-0.39, 0.29) is 0 Å². The molecule has 3 heteroatoms. The van der Waals surface area contributed by atoms with Gasteiger partial charge in [0.1, 0.15) is 4.34 Å². The number of halogens is 1. The molecule has 96 valence electrons. The zero-order chi connectivity index (χ0) is 12.1. The predicted molar refractivity (Wildman–Crippen MR) is 78.1 cm³/mol. The molecule has 0 bridgehead atoms. The molecular weight excluding hydrogens is 250 g/mol. The van der Waals surface area contributed by atoms with Gasteiger partial charge in [-0.1, -0.05) is 50.1 Å². The summed E-state index contributed by atoms with van der Waals surface area (Å²) in [6.45, 7) is 0. The molecule has 0 aromatic carbocycles. The van der Waals surface area contributed by atoms with Crippen molar-refractivity contribution in [2.45, 2.75) is 64.2 Å². The fourth-order valence-electron chi connectivity index (χ4n) is 2.62. The molecule has 1 aliphatic carbocycles. The van der Waals surface area contributed by atoms with Crippen LogP contribution >= 0.6 is 22.9 Å². The van der Waals surface area contributed by atoms with Crippen LogP contribution < -0.4 is 5.73 Å². The van der Waals surface area contributed by atoms with E-state index in [2.05, 4.69) is 0 Å². The van der Waals surface area contributed by atoms with Crippen molar-refractivity contribution in [2.24, 2.45) is 0 Å². The van der Waals surface area contributed by atoms with E-state index in [9.17, 15) is 0 Å². The molecule has 0 saturated carbocycles. The van der Waals surface area contributed by atoms with E-state index in [1.54, 1.807) is 11.3 Å². The first-order valence-electron chi connectivity index (χ1n) is 6.84. The van der Waals surface area contributed by atoms with Crippen molar-refractivity contribution in [2.75, 3.05) is 5.73 Å². The van der Waals surface area contributed by atoms with Crippen molar-refractivity contribution in [3.63, 3.8) is 0 Å². The molecule has 1 aliphatic rings. The van der Waals surface area contributed by atoms with E-state index in [1.807, 2.05) is 0 Å². The summed E-state index contributed by atoms with van der Waals surface area (Å²) in [5, 5.41) is 0. The highest BCUT2D eigenvalue weighted by Crippen LogP contribution is 2.37. The van der Waals surface area contributed by atoms with Crippen molar-refractivity contribution >= 4 is 28.6 Å². The summed E-state index contributed by atoms with van der Waals surface area (Å²) < 4.78 is 0.810. The highest BCUT2D eigenvalue weighted by molar-refractivity contribution is 7.17. The molecule has 1 heterocycles. The van der Waals surface area contributed by atoms with Crippen LogP contribution in [0.15, 0.2) is 0 Å². The van der Waals surface area contributed by atoms with Gasteiger partial charge in [0, 0.05) is 4.88 Å². The standard InChI is InChI=1S/C14H22ClNS/c15-14-13(16)11-9-7-5-3-1-2-4-6-8-10-12(11)17-14/h1-10,16H2. The van der Waals surface area contributed by atoms with Gasteiger partial charge in [0.2, 0.25) is 0 Å². The molecule has 17 heavy (non-hydrogen) atoms. The highest BCUT2D eigenvalue weighted by atomic mass is 35.5. The molecule has 1 aromatic heterocycles. The Morgan fingerprint density at radius 3 is 2.00 bits per heavy atom. The normalized spacial score (nSPS) is 19.1. The van der Waals surface area contributed by atoms with Gasteiger partial charge in [-0.2, -0.15) is 0 Å². The minimum absolute atomic E-state index is 0.810. The van der Waals surface area contributed by atoms with Gasteiger partial charge in [-0.05, 0) is 31.2 Å². The zero-order valence-corrected chi connectivity index (χ0v) is 12.0.